The third-order valence-electron chi connectivity index (χ3n) is 5.98. The molecule has 1 N–H and O–H groups in total. The maximum absolute atomic E-state index is 13.3. The molecule has 0 saturated carbocycles. The van der Waals surface area contributed by atoms with Crippen LogP contribution in [0.1, 0.15) is 29.2 Å². The van der Waals surface area contributed by atoms with E-state index >= 15 is 0 Å². The van der Waals surface area contributed by atoms with Gasteiger partial charge in [-0.3, -0.25) is 9.59 Å². The van der Waals surface area contributed by atoms with E-state index in [4.69, 9.17) is 23.7 Å². The van der Waals surface area contributed by atoms with Gasteiger partial charge in [-0.15, -0.1) is 0 Å². The number of aliphatic hydroxyl groups excluding tert-OH is 1. The molecular formula is C26H31NO8. The van der Waals surface area contributed by atoms with E-state index in [1.54, 1.807) is 51.5 Å². The van der Waals surface area contributed by atoms with Gasteiger partial charge in [-0.05, 0) is 54.8 Å². The number of hydrogen-bond donors (Lipinski definition) is 1. The SMILES string of the molecule is COCCCN1C(=O)C(=O)/C(=C(/O)c2ccc(OC)cc2C)[C@H]1c1cc(OC)c(OC)c(OC)c1. The summed E-state index contributed by atoms with van der Waals surface area (Å²) in [5.41, 5.74) is 1.63. The molecule has 35 heavy (non-hydrogen) atoms. The monoisotopic (exact) mass is 485 g/mol. The van der Waals surface area contributed by atoms with Crippen molar-refractivity contribution in [3.05, 3.63) is 52.6 Å². The second-order valence-corrected chi connectivity index (χ2v) is 7.98. The van der Waals surface area contributed by atoms with Crippen molar-refractivity contribution in [3.8, 4) is 23.0 Å². The van der Waals surface area contributed by atoms with Gasteiger partial charge in [0.2, 0.25) is 5.75 Å². The van der Waals surface area contributed by atoms with Crippen LogP contribution in [0, 0.1) is 6.92 Å². The van der Waals surface area contributed by atoms with E-state index in [0.29, 0.717) is 52.7 Å². The van der Waals surface area contributed by atoms with Gasteiger partial charge in [0.25, 0.3) is 11.7 Å². The summed E-state index contributed by atoms with van der Waals surface area (Å²) in [6.45, 7) is 2.45. The van der Waals surface area contributed by atoms with Gasteiger partial charge in [0, 0.05) is 25.8 Å². The Morgan fingerprint density at radius 1 is 0.943 bits per heavy atom. The van der Waals surface area contributed by atoms with Crippen molar-refractivity contribution in [3.63, 3.8) is 0 Å². The molecule has 0 aromatic heterocycles. The maximum atomic E-state index is 13.3. The molecule has 0 spiro atoms. The Hall–Kier alpha value is -3.72. The van der Waals surface area contributed by atoms with Gasteiger partial charge >= 0.3 is 0 Å². The maximum Gasteiger partial charge on any atom is 0.295 e. The van der Waals surface area contributed by atoms with Gasteiger partial charge in [-0.25, -0.2) is 0 Å². The summed E-state index contributed by atoms with van der Waals surface area (Å²) >= 11 is 0. The van der Waals surface area contributed by atoms with Crippen LogP contribution < -0.4 is 18.9 Å². The lowest BCUT2D eigenvalue weighted by molar-refractivity contribution is -0.140. The lowest BCUT2D eigenvalue weighted by Gasteiger charge is -2.26. The summed E-state index contributed by atoms with van der Waals surface area (Å²) in [6, 6.07) is 7.57. The largest absolute Gasteiger partial charge is 0.507 e. The summed E-state index contributed by atoms with van der Waals surface area (Å²) in [5, 5.41) is 11.4. The molecule has 3 rings (SSSR count). The number of amides is 1. The number of rotatable bonds is 10. The highest BCUT2D eigenvalue weighted by Crippen LogP contribution is 2.46. The van der Waals surface area contributed by atoms with Crippen molar-refractivity contribution < 1.29 is 38.4 Å². The van der Waals surface area contributed by atoms with E-state index in [9.17, 15) is 14.7 Å². The smallest absolute Gasteiger partial charge is 0.295 e. The average molecular weight is 486 g/mol. The highest BCUT2D eigenvalue weighted by Gasteiger charge is 2.46. The first-order valence-electron chi connectivity index (χ1n) is 11.0. The van der Waals surface area contributed by atoms with Gasteiger partial charge in [0.05, 0.1) is 40.1 Å². The van der Waals surface area contributed by atoms with Crippen LogP contribution in [-0.2, 0) is 14.3 Å². The lowest BCUT2D eigenvalue weighted by atomic mass is 9.93. The fourth-order valence-electron chi connectivity index (χ4n) is 4.27. The lowest BCUT2D eigenvalue weighted by Crippen LogP contribution is -2.31. The summed E-state index contributed by atoms with van der Waals surface area (Å²) in [4.78, 5) is 27.8. The molecule has 9 nitrogen and oxygen atoms in total. The number of ether oxygens (including phenoxy) is 5. The van der Waals surface area contributed by atoms with Gasteiger partial charge in [-0.1, -0.05) is 0 Å². The molecule has 1 heterocycles. The number of hydrogen-bond acceptors (Lipinski definition) is 8. The number of Topliss-reactive ketones (excluding diaryl/α,β-unsaturated/α-hetero) is 1. The van der Waals surface area contributed by atoms with Gasteiger partial charge in [0.1, 0.15) is 11.5 Å². The Morgan fingerprint density at radius 2 is 1.60 bits per heavy atom. The van der Waals surface area contributed by atoms with Crippen molar-refractivity contribution in [1.29, 1.82) is 0 Å². The standard InChI is InChI=1S/C26H31NO8/c1-15-12-17(32-3)8-9-18(15)23(28)21-22(27(10-7-11-31-2)26(30)24(21)29)16-13-19(33-4)25(35-6)20(14-16)34-5/h8-9,12-14,22,28H,7,10-11H2,1-6H3/b23-21+/t22-/m1/s1. The normalized spacial score (nSPS) is 17.0. The number of aliphatic hydroxyl groups is 1. The van der Waals surface area contributed by atoms with Crippen molar-refractivity contribution in [1.82, 2.24) is 4.90 Å². The van der Waals surface area contributed by atoms with E-state index in [0.717, 1.165) is 0 Å². The average Bonchev–Trinajstić information content (AvgIpc) is 3.12. The molecule has 0 bridgehead atoms. The molecule has 0 aliphatic carbocycles. The van der Waals surface area contributed by atoms with Crippen molar-refractivity contribution >= 4 is 17.4 Å². The molecule has 188 valence electrons. The number of likely N-dealkylation sites (tertiary alicyclic amines) is 1. The Labute approximate surface area is 204 Å². The van der Waals surface area contributed by atoms with E-state index in [2.05, 4.69) is 0 Å². The molecule has 1 fully saturated rings. The van der Waals surface area contributed by atoms with Crippen LogP contribution >= 0.6 is 0 Å². The van der Waals surface area contributed by atoms with Crippen molar-refractivity contribution in [2.75, 3.05) is 48.7 Å². The van der Waals surface area contributed by atoms with Gasteiger partial charge in [-0.2, -0.15) is 0 Å². The van der Waals surface area contributed by atoms with Gasteiger partial charge in [0.15, 0.2) is 11.5 Å². The molecule has 2 aromatic carbocycles. The second-order valence-electron chi connectivity index (χ2n) is 7.98. The topological polar surface area (TPSA) is 104 Å². The Bertz CT molecular complexity index is 1120. The van der Waals surface area contributed by atoms with Crippen LogP contribution in [0.15, 0.2) is 35.9 Å². The summed E-state index contributed by atoms with van der Waals surface area (Å²) in [5.74, 6) is -0.0193. The van der Waals surface area contributed by atoms with Crippen LogP contribution in [-0.4, -0.2) is 70.4 Å². The number of benzene rings is 2. The van der Waals surface area contributed by atoms with Crippen LogP contribution in [0.5, 0.6) is 23.0 Å². The summed E-state index contributed by atoms with van der Waals surface area (Å²) < 4.78 is 26.8. The predicted octanol–water partition coefficient (Wildman–Crippen LogP) is 3.49. The molecule has 2 aromatic rings. The minimum absolute atomic E-state index is 0.0186. The van der Waals surface area contributed by atoms with E-state index in [-0.39, 0.29) is 17.9 Å². The Morgan fingerprint density at radius 3 is 2.11 bits per heavy atom. The third kappa shape index (κ3) is 4.90. The molecule has 0 radical (unpaired) electrons. The highest BCUT2D eigenvalue weighted by atomic mass is 16.5. The quantitative estimate of drug-likeness (QED) is 0.236. The minimum Gasteiger partial charge on any atom is -0.507 e. The van der Waals surface area contributed by atoms with Gasteiger partial charge < -0.3 is 33.7 Å². The molecule has 0 unspecified atom stereocenters. The molecule has 1 amide bonds. The molecule has 1 saturated heterocycles. The van der Waals surface area contributed by atoms with Crippen LogP contribution in [0.25, 0.3) is 5.76 Å². The van der Waals surface area contributed by atoms with Crippen LogP contribution in [0.3, 0.4) is 0 Å². The first kappa shape index (κ1) is 25.9. The van der Waals surface area contributed by atoms with Crippen molar-refractivity contribution in [2.24, 2.45) is 0 Å². The zero-order chi connectivity index (χ0) is 25.7. The van der Waals surface area contributed by atoms with Crippen LogP contribution in [0.2, 0.25) is 0 Å². The second kappa shape index (κ2) is 11.1. The molecule has 1 aliphatic heterocycles. The molecule has 9 heteroatoms. The summed E-state index contributed by atoms with van der Waals surface area (Å²) in [6.07, 6.45) is 0.506. The number of ketones is 1. The van der Waals surface area contributed by atoms with Crippen LogP contribution in [0.4, 0.5) is 0 Å². The van der Waals surface area contributed by atoms with Crippen molar-refractivity contribution in [2.45, 2.75) is 19.4 Å². The Balaban J connectivity index is 2.25. The fraction of sp³-hybridized carbons (Fsp3) is 0.385. The van der Waals surface area contributed by atoms with E-state index in [1.165, 1.54) is 26.2 Å². The Kier molecular flexibility index (Phi) is 8.24. The third-order valence-corrected chi connectivity index (χ3v) is 5.98. The minimum atomic E-state index is -0.873. The highest BCUT2D eigenvalue weighted by molar-refractivity contribution is 6.46. The fourth-order valence-corrected chi connectivity index (χ4v) is 4.27. The first-order valence-corrected chi connectivity index (χ1v) is 11.0. The number of carbonyl (C=O) groups is 2. The molecule has 1 atom stereocenters. The number of methoxy groups -OCH3 is 5. The van der Waals surface area contributed by atoms with E-state index in [1.807, 2.05) is 0 Å². The number of nitrogens with zero attached hydrogens (tertiary/aromatic N) is 1. The molecule has 1 aliphatic rings. The predicted molar refractivity (Wildman–Crippen MR) is 129 cm³/mol. The zero-order valence-electron chi connectivity index (χ0n) is 20.8. The number of carbonyl (C=O) groups excluding carboxylic acids is 2. The zero-order valence-corrected chi connectivity index (χ0v) is 20.8. The molecular weight excluding hydrogens is 454 g/mol. The first-order chi connectivity index (χ1) is 16.8. The number of aryl methyl sites for hydroxylation is 1. The summed E-state index contributed by atoms with van der Waals surface area (Å²) in [7, 11) is 7.57. The van der Waals surface area contributed by atoms with E-state index < -0.39 is 17.7 Å².